The second-order valence-corrected chi connectivity index (χ2v) is 3.90. The van der Waals surface area contributed by atoms with Crippen molar-refractivity contribution in [3.63, 3.8) is 0 Å². The first-order valence-corrected chi connectivity index (χ1v) is 5.12. The maximum absolute atomic E-state index is 5.38. The fourth-order valence-corrected chi connectivity index (χ4v) is 1.79. The summed E-state index contributed by atoms with van der Waals surface area (Å²) in [6.07, 6.45) is 5.38. The van der Waals surface area contributed by atoms with Gasteiger partial charge in [-0.05, 0) is 12.1 Å². The van der Waals surface area contributed by atoms with Crippen molar-refractivity contribution in [2.24, 2.45) is 0 Å². The first-order chi connectivity index (χ1) is 7.24. The third-order valence-electron chi connectivity index (χ3n) is 2.45. The van der Waals surface area contributed by atoms with Gasteiger partial charge in [-0.25, -0.2) is 4.98 Å². The SMILES string of the molecule is C#CCn1c(C(C)C)nc2ccccc21. The van der Waals surface area contributed by atoms with Gasteiger partial charge in [0.1, 0.15) is 5.82 Å². The zero-order chi connectivity index (χ0) is 10.8. The van der Waals surface area contributed by atoms with Crippen LogP contribution in [-0.4, -0.2) is 9.55 Å². The average molecular weight is 198 g/mol. The molecular formula is C13H14N2. The fraction of sp³-hybridized carbons (Fsp3) is 0.308. The third-order valence-corrected chi connectivity index (χ3v) is 2.45. The second-order valence-electron chi connectivity index (χ2n) is 3.90. The molecule has 1 aromatic heterocycles. The van der Waals surface area contributed by atoms with Crippen LogP contribution in [0.5, 0.6) is 0 Å². The molecule has 0 saturated heterocycles. The molecule has 0 bridgehead atoms. The molecule has 0 amide bonds. The lowest BCUT2D eigenvalue weighted by Crippen LogP contribution is -2.03. The zero-order valence-electron chi connectivity index (χ0n) is 9.07. The van der Waals surface area contributed by atoms with Crippen LogP contribution < -0.4 is 0 Å². The van der Waals surface area contributed by atoms with Crippen LogP contribution in [-0.2, 0) is 6.54 Å². The number of fused-ring (bicyclic) bond motifs is 1. The quantitative estimate of drug-likeness (QED) is 0.678. The van der Waals surface area contributed by atoms with E-state index in [2.05, 4.69) is 35.4 Å². The summed E-state index contributed by atoms with van der Waals surface area (Å²) in [7, 11) is 0. The molecule has 0 aliphatic rings. The predicted molar refractivity (Wildman–Crippen MR) is 62.7 cm³/mol. The van der Waals surface area contributed by atoms with Crippen LogP contribution >= 0.6 is 0 Å². The molecule has 2 heteroatoms. The third kappa shape index (κ3) is 1.61. The summed E-state index contributed by atoms with van der Waals surface area (Å²) in [5.41, 5.74) is 2.15. The standard InChI is InChI=1S/C13H14N2/c1-4-9-15-12-8-6-5-7-11(12)14-13(15)10(2)3/h1,5-8,10H,9H2,2-3H3. The highest BCUT2D eigenvalue weighted by molar-refractivity contribution is 5.76. The molecular weight excluding hydrogens is 184 g/mol. The summed E-state index contributed by atoms with van der Waals surface area (Å²) in [5.74, 6) is 4.14. The highest BCUT2D eigenvalue weighted by atomic mass is 15.1. The smallest absolute Gasteiger partial charge is 0.113 e. The number of terminal acetylenes is 1. The number of hydrogen-bond acceptors (Lipinski definition) is 1. The second kappa shape index (κ2) is 3.78. The van der Waals surface area contributed by atoms with Crippen LogP contribution in [0.15, 0.2) is 24.3 Å². The fourth-order valence-electron chi connectivity index (χ4n) is 1.79. The van der Waals surface area contributed by atoms with E-state index in [9.17, 15) is 0 Å². The lowest BCUT2D eigenvalue weighted by Gasteiger charge is -2.07. The minimum atomic E-state index is 0.394. The van der Waals surface area contributed by atoms with E-state index in [1.807, 2.05) is 18.2 Å². The number of nitrogens with zero attached hydrogens (tertiary/aromatic N) is 2. The van der Waals surface area contributed by atoms with Crippen LogP contribution in [0.25, 0.3) is 11.0 Å². The summed E-state index contributed by atoms with van der Waals surface area (Å²) in [5, 5.41) is 0. The summed E-state index contributed by atoms with van der Waals surface area (Å²) < 4.78 is 2.11. The monoisotopic (exact) mass is 198 g/mol. The first-order valence-electron chi connectivity index (χ1n) is 5.12. The molecule has 2 rings (SSSR count). The number of benzene rings is 1. The molecule has 0 N–H and O–H groups in total. The van der Waals surface area contributed by atoms with Crippen LogP contribution in [0.2, 0.25) is 0 Å². The first kappa shape index (κ1) is 9.79. The number of rotatable bonds is 2. The predicted octanol–water partition coefficient (Wildman–Crippen LogP) is 2.79. The molecule has 0 aliphatic carbocycles. The van der Waals surface area contributed by atoms with Gasteiger partial charge in [0.05, 0.1) is 17.6 Å². The molecule has 0 saturated carbocycles. The van der Waals surface area contributed by atoms with Crippen molar-refractivity contribution in [1.82, 2.24) is 9.55 Å². The van der Waals surface area contributed by atoms with Crippen molar-refractivity contribution >= 4 is 11.0 Å². The molecule has 2 aromatic rings. The van der Waals surface area contributed by atoms with Crippen molar-refractivity contribution in [3.05, 3.63) is 30.1 Å². The molecule has 0 unspecified atom stereocenters. The normalized spacial score (nSPS) is 10.8. The molecule has 0 spiro atoms. The van der Waals surface area contributed by atoms with E-state index in [1.165, 1.54) is 0 Å². The Bertz CT molecular complexity index is 515. The minimum absolute atomic E-state index is 0.394. The van der Waals surface area contributed by atoms with Gasteiger partial charge in [0.2, 0.25) is 0 Å². The van der Waals surface area contributed by atoms with E-state index >= 15 is 0 Å². The Morgan fingerprint density at radius 3 is 2.80 bits per heavy atom. The van der Waals surface area contributed by atoms with E-state index in [1.54, 1.807) is 0 Å². The van der Waals surface area contributed by atoms with Gasteiger partial charge >= 0.3 is 0 Å². The van der Waals surface area contributed by atoms with Gasteiger partial charge in [-0.15, -0.1) is 6.42 Å². The highest BCUT2D eigenvalue weighted by Gasteiger charge is 2.11. The van der Waals surface area contributed by atoms with E-state index in [-0.39, 0.29) is 0 Å². The lowest BCUT2D eigenvalue weighted by atomic mass is 10.2. The van der Waals surface area contributed by atoms with Gasteiger partial charge in [0.25, 0.3) is 0 Å². The summed E-state index contributed by atoms with van der Waals surface area (Å²) in [6, 6.07) is 8.10. The number of imidazole rings is 1. The summed E-state index contributed by atoms with van der Waals surface area (Å²) >= 11 is 0. The van der Waals surface area contributed by atoms with Crippen LogP contribution in [0.3, 0.4) is 0 Å². The van der Waals surface area contributed by atoms with Gasteiger partial charge in [-0.1, -0.05) is 31.9 Å². The van der Waals surface area contributed by atoms with Gasteiger partial charge in [-0.3, -0.25) is 0 Å². The van der Waals surface area contributed by atoms with E-state index in [0.717, 1.165) is 16.9 Å². The molecule has 15 heavy (non-hydrogen) atoms. The van der Waals surface area contributed by atoms with Gasteiger partial charge < -0.3 is 4.57 Å². The van der Waals surface area contributed by atoms with Crippen molar-refractivity contribution in [3.8, 4) is 12.3 Å². The average Bonchev–Trinajstić information content (AvgIpc) is 2.58. The van der Waals surface area contributed by atoms with Crippen LogP contribution in [0, 0.1) is 12.3 Å². The van der Waals surface area contributed by atoms with E-state index in [4.69, 9.17) is 6.42 Å². The number of aromatic nitrogens is 2. The molecule has 76 valence electrons. The topological polar surface area (TPSA) is 17.8 Å². The Hall–Kier alpha value is -1.75. The molecule has 1 heterocycles. The number of hydrogen-bond donors (Lipinski definition) is 0. The van der Waals surface area contributed by atoms with Crippen molar-refractivity contribution in [2.45, 2.75) is 26.3 Å². The largest absolute Gasteiger partial charge is 0.316 e. The Kier molecular flexibility index (Phi) is 2.47. The van der Waals surface area contributed by atoms with Gasteiger partial charge in [-0.2, -0.15) is 0 Å². The van der Waals surface area contributed by atoms with Gasteiger partial charge in [0.15, 0.2) is 0 Å². The maximum Gasteiger partial charge on any atom is 0.113 e. The summed E-state index contributed by atoms with van der Waals surface area (Å²) in [4.78, 5) is 4.60. The highest BCUT2D eigenvalue weighted by Crippen LogP contribution is 2.21. The maximum atomic E-state index is 5.38. The van der Waals surface area contributed by atoms with Crippen LogP contribution in [0.4, 0.5) is 0 Å². The lowest BCUT2D eigenvalue weighted by molar-refractivity contribution is 0.699. The van der Waals surface area contributed by atoms with Crippen molar-refractivity contribution in [1.29, 1.82) is 0 Å². The van der Waals surface area contributed by atoms with Crippen LogP contribution in [0.1, 0.15) is 25.6 Å². The molecule has 0 fully saturated rings. The minimum Gasteiger partial charge on any atom is -0.316 e. The molecule has 2 nitrogen and oxygen atoms in total. The zero-order valence-corrected chi connectivity index (χ0v) is 9.07. The van der Waals surface area contributed by atoms with Gasteiger partial charge in [0, 0.05) is 5.92 Å². The van der Waals surface area contributed by atoms with Crippen molar-refractivity contribution in [2.75, 3.05) is 0 Å². The Morgan fingerprint density at radius 2 is 2.13 bits per heavy atom. The number of para-hydroxylation sites is 2. The molecule has 0 aliphatic heterocycles. The van der Waals surface area contributed by atoms with E-state index < -0.39 is 0 Å². The summed E-state index contributed by atoms with van der Waals surface area (Å²) in [6.45, 7) is 4.86. The van der Waals surface area contributed by atoms with Crippen molar-refractivity contribution < 1.29 is 0 Å². The molecule has 0 atom stereocenters. The Morgan fingerprint density at radius 1 is 1.40 bits per heavy atom. The van der Waals surface area contributed by atoms with E-state index in [0.29, 0.717) is 12.5 Å². The molecule has 0 radical (unpaired) electrons. The molecule has 1 aromatic carbocycles. The Balaban J connectivity index is 2.70. The Labute approximate surface area is 89.9 Å².